The van der Waals surface area contributed by atoms with E-state index in [0.29, 0.717) is 27.8 Å². The third-order valence-corrected chi connectivity index (χ3v) is 4.85. The van der Waals surface area contributed by atoms with Crippen LogP contribution in [0.2, 0.25) is 5.02 Å². The molecule has 0 aliphatic carbocycles. The number of benzene rings is 3. The number of para-hydroxylation sites is 2. The maximum atomic E-state index is 12.2. The molecule has 0 atom stereocenters. The van der Waals surface area contributed by atoms with Crippen LogP contribution in [0.4, 0.5) is 11.4 Å². The fraction of sp³-hybridized carbons (Fsp3) is 0.0833. The van der Waals surface area contributed by atoms with Gasteiger partial charge in [0.2, 0.25) is 0 Å². The normalized spacial score (nSPS) is 10.8. The van der Waals surface area contributed by atoms with Crippen LogP contribution >= 0.6 is 11.6 Å². The van der Waals surface area contributed by atoms with Crippen molar-refractivity contribution in [1.82, 2.24) is 0 Å². The Hall–Kier alpha value is -4.35. The Labute approximate surface area is 194 Å². The first-order chi connectivity index (χ1) is 15.9. The van der Waals surface area contributed by atoms with Crippen LogP contribution in [0.15, 0.2) is 66.7 Å². The summed E-state index contributed by atoms with van der Waals surface area (Å²) in [5, 5.41) is 23.9. The zero-order valence-electron chi connectivity index (χ0n) is 17.4. The predicted octanol–water partition coefficient (Wildman–Crippen LogP) is 5.34. The van der Waals surface area contributed by atoms with Crippen molar-refractivity contribution in [3.05, 3.63) is 93.0 Å². The number of nitrogens with one attached hydrogen (secondary N) is 1. The van der Waals surface area contributed by atoms with Crippen molar-refractivity contribution in [1.29, 1.82) is 5.26 Å². The highest BCUT2D eigenvalue weighted by Crippen LogP contribution is 2.31. The van der Waals surface area contributed by atoms with Crippen LogP contribution in [0.1, 0.15) is 11.1 Å². The van der Waals surface area contributed by atoms with Crippen molar-refractivity contribution in [3.8, 4) is 17.6 Å². The van der Waals surface area contributed by atoms with E-state index in [2.05, 4.69) is 5.32 Å². The second kappa shape index (κ2) is 10.8. The van der Waals surface area contributed by atoms with Crippen molar-refractivity contribution < 1.29 is 19.2 Å². The smallest absolute Gasteiger partial charge is 0.277 e. The minimum absolute atomic E-state index is 0.122. The molecule has 0 saturated heterocycles. The van der Waals surface area contributed by atoms with Gasteiger partial charge in [-0.2, -0.15) is 5.26 Å². The van der Waals surface area contributed by atoms with E-state index in [-0.39, 0.29) is 23.4 Å². The van der Waals surface area contributed by atoms with Gasteiger partial charge in [-0.15, -0.1) is 0 Å². The lowest BCUT2D eigenvalue weighted by atomic mass is 10.0. The van der Waals surface area contributed by atoms with Gasteiger partial charge in [-0.3, -0.25) is 14.9 Å². The maximum absolute atomic E-state index is 12.2. The van der Waals surface area contributed by atoms with Crippen LogP contribution in [-0.4, -0.2) is 24.5 Å². The van der Waals surface area contributed by atoms with Gasteiger partial charge in [-0.05, 0) is 42.0 Å². The number of nitro groups is 1. The summed E-state index contributed by atoms with van der Waals surface area (Å²) in [6, 6.07) is 19.7. The molecule has 0 saturated carbocycles. The molecule has 1 amide bonds. The summed E-state index contributed by atoms with van der Waals surface area (Å²) in [4.78, 5) is 23.0. The number of carbonyl (C=O) groups is 1. The summed E-state index contributed by atoms with van der Waals surface area (Å²) >= 11 is 6.03. The molecule has 166 valence electrons. The number of nitro benzene ring substituents is 1. The first kappa shape index (κ1) is 23.3. The Morgan fingerprint density at radius 1 is 1.15 bits per heavy atom. The van der Waals surface area contributed by atoms with Gasteiger partial charge in [-0.25, -0.2) is 0 Å². The van der Waals surface area contributed by atoms with Crippen molar-refractivity contribution in [3.63, 3.8) is 0 Å². The fourth-order valence-electron chi connectivity index (χ4n) is 2.98. The zero-order valence-corrected chi connectivity index (χ0v) is 18.2. The Morgan fingerprint density at radius 3 is 2.58 bits per heavy atom. The average Bonchev–Trinajstić information content (AvgIpc) is 2.83. The second-order valence-electron chi connectivity index (χ2n) is 6.67. The quantitative estimate of drug-likeness (QED) is 0.209. The average molecular weight is 464 g/mol. The lowest BCUT2D eigenvalue weighted by Crippen LogP contribution is -2.20. The molecule has 0 aliphatic heterocycles. The molecule has 0 radical (unpaired) electrons. The first-order valence-corrected chi connectivity index (χ1v) is 10.0. The summed E-state index contributed by atoms with van der Waals surface area (Å²) in [7, 11) is 1.44. The van der Waals surface area contributed by atoms with Crippen LogP contribution in [0.5, 0.6) is 11.5 Å². The number of nitrogens with zero attached hydrogens (tertiary/aromatic N) is 2. The highest BCUT2D eigenvalue weighted by atomic mass is 35.5. The van der Waals surface area contributed by atoms with Crippen molar-refractivity contribution >= 4 is 40.5 Å². The number of methoxy groups -OCH3 is 1. The van der Waals surface area contributed by atoms with Gasteiger partial charge >= 0.3 is 0 Å². The van der Waals surface area contributed by atoms with Crippen molar-refractivity contribution in [2.45, 2.75) is 0 Å². The van der Waals surface area contributed by atoms with Gasteiger partial charge < -0.3 is 14.8 Å². The van der Waals surface area contributed by atoms with Crippen LogP contribution in [0.3, 0.4) is 0 Å². The summed E-state index contributed by atoms with van der Waals surface area (Å²) in [5.41, 5.74) is 1.20. The Kier molecular flexibility index (Phi) is 7.63. The number of hydrogen-bond acceptors (Lipinski definition) is 6. The number of anilines is 1. The van der Waals surface area contributed by atoms with Crippen LogP contribution in [0, 0.1) is 21.4 Å². The lowest BCUT2D eigenvalue weighted by Gasteiger charge is -2.12. The molecule has 0 aliphatic rings. The van der Waals surface area contributed by atoms with Gasteiger partial charge in [0.05, 0.1) is 33.9 Å². The third-order valence-electron chi connectivity index (χ3n) is 4.52. The summed E-state index contributed by atoms with van der Waals surface area (Å²) < 4.78 is 10.9. The van der Waals surface area contributed by atoms with Crippen molar-refractivity contribution in [2.75, 3.05) is 19.0 Å². The summed E-state index contributed by atoms with van der Waals surface area (Å²) in [6.45, 7) is -0.281. The Balaban J connectivity index is 1.78. The van der Waals surface area contributed by atoms with E-state index in [0.717, 1.165) is 0 Å². The molecular weight excluding hydrogens is 446 g/mol. The van der Waals surface area contributed by atoms with E-state index < -0.39 is 10.8 Å². The SMILES string of the molecule is COc1cc(C=C(C#N)c2ccccc2[N+](=O)[O-])ccc1OCC(=O)Nc1ccccc1Cl. The molecule has 3 rings (SSSR count). The highest BCUT2D eigenvalue weighted by molar-refractivity contribution is 6.33. The number of ether oxygens (including phenoxy) is 2. The number of nitriles is 1. The third kappa shape index (κ3) is 5.87. The van der Waals surface area contributed by atoms with E-state index in [1.165, 1.54) is 31.4 Å². The molecule has 0 bridgehead atoms. The summed E-state index contributed by atoms with van der Waals surface area (Å²) in [6.07, 6.45) is 1.51. The topological polar surface area (TPSA) is 114 Å². The van der Waals surface area contributed by atoms with E-state index in [1.54, 1.807) is 48.5 Å². The van der Waals surface area contributed by atoms with Gasteiger partial charge in [0.25, 0.3) is 11.6 Å². The molecule has 3 aromatic rings. The van der Waals surface area contributed by atoms with Gasteiger partial charge in [0.1, 0.15) is 6.07 Å². The monoisotopic (exact) mass is 463 g/mol. The second-order valence-corrected chi connectivity index (χ2v) is 7.08. The van der Waals surface area contributed by atoms with Gasteiger partial charge in [-0.1, -0.05) is 41.9 Å². The molecule has 3 aromatic carbocycles. The molecule has 9 heteroatoms. The Morgan fingerprint density at radius 2 is 1.88 bits per heavy atom. The molecule has 0 unspecified atom stereocenters. The first-order valence-electron chi connectivity index (χ1n) is 9.63. The Bertz CT molecular complexity index is 1270. The van der Waals surface area contributed by atoms with E-state index >= 15 is 0 Å². The van der Waals surface area contributed by atoms with Gasteiger partial charge in [0, 0.05) is 6.07 Å². The highest BCUT2D eigenvalue weighted by Gasteiger charge is 2.16. The molecule has 1 N–H and O–H groups in total. The van der Waals surface area contributed by atoms with Crippen LogP contribution in [-0.2, 0) is 4.79 Å². The van der Waals surface area contributed by atoms with Crippen LogP contribution < -0.4 is 14.8 Å². The number of rotatable bonds is 8. The molecule has 0 spiro atoms. The largest absolute Gasteiger partial charge is 0.493 e. The molecular formula is C24H18ClN3O5. The minimum Gasteiger partial charge on any atom is -0.493 e. The maximum Gasteiger partial charge on any atom is 0.277 e. The lowest BCUT2D eigenvalue weighted by molar-refractivity contribution is -0.385. The standard InChI is InChI=1S/C24H18ClN3O5/c1-32-23-13-16(12-17(14-26)18-6-2-5-9-21(18)28(30)31)10-11-22(23)33-15-24(29)27-20-8-4-3-7-19(20)25/h2-13H,15H2,1H3,(H,27,29). The summed E-state index contributed by atoms with van der Waals surface area (Å²) in [5.74, 6) is 0.236. The van der Waals surface area contributed by atoms with Gasteiger partial charge in [0.15, 0.2) is 18.1 Å². The molecule has 8 nitrogen and oxygen atoms in total. The fourth-order valence-corrected chi connectivity index (χ4v) is 3.17. The minimum atomic E-state index is -0.536. The number of halogens is 1. The zero-order chi connectivity index (χ0) is 23.8. The van der Waals surface area contributed by atoms with E-state index in [9.17, 15) is 20.2 Å². The molecule has 0 aromatic heterocycles. The van der Waals surface area contributed by atoms with Crippen molar-refractivity contribution in [2.24, 2.45) is 0 Å². The molecule has 0 heterocycles. The van der Waals surface area contributed by atoms with Crippen LogP contribution in [0.25, 0.3) is 11.6 Å². The van der Waals surface area contributed by atoms with E-state index in [4.69, 9.17) is 21.1 Å². The molecule has 33 heavy (non-hydrogen) atoms. The predicted molar refractivity (Wildman–Crippen MR) is 125 cm³/mol. The molecule has 0 fully saturated rings. The number of amides is 1. The number of carbonyl (C=O) groups excluding carboxylic acids is 1. The van der Waals surface area contributed by atoms with E-state index in [1.807, 2.05) is 6.07 Å². The number of allylic oxidation sites excluding steroid dienone is 1. The number of hydrogen-bond donors (Lipinski definition) is 1.